The summed E-state index contributed by atoms with van der Waals surface area (Å²) in [5.41, 5.74) is -0.958. The van der Waals surface area contributed by atoms with Crippen LogP contribution in [-0.2, 0) is 5.67 Å². The lowest BCUT2D eigenvalue weighted by Crippen LogP contribution is -2.43. The van der Waals surface area contributed by atoms with Gasteiger partial charge in [-0.3, -0.25) is 9.78 Å². The number of halogens is 1. The zero-order chi connectivity index (χ0) is 21.1. The lowest BCUT2D eigenvalue weighted by atomic mass is 9.92. The number of amides is 1. The first-order valence-electron chi connectivity index (χ1n) is 9.35. The molecule has 0 N–H and O–H groups in total. The Labute approximate surface area is 171 Å². The first-order valence-corrected chi connectivity index (χ1v) is 9.35. The van der Waals surface area contributed by atoms with Gasteiger partial charge in [0.25, 0.3) is 11.8 Å². The van der Waals surface area contributed by atoms with Gasteiger partial charge in [0.15, 0.2) is 17.2 Å². The van der Waals surface area contributed by atoms with E-state index in [1.54, 1.807) is 23.1 Å². The number of hydrogen-bond acceptors (Lipinski definition) is 8. The molecule has 1 aromatic carbocycles. The zero-order valence-corrected chi connectivity index (χ0v) is 16.5. The van der Waals surface area contributed by atoms with E-state index < -0.39 is 5.67 Å². The molecule has 0 aliphatic carbocycles. The number of alkyl halides is 1. The molecule has 3 heterocycles. The van der Waals surface area contributed by atoms with Crippen LogP contribution in [-0.4, -0.2) is 58.2 Å². The van der Waals surface area contributed by atoms with Gasteiger partial charge in [0.2, 0.25) is 5.82 Å². The largest absolute Gasteiger partial charge is 0.493 e. The first kappa shape index (κ1) is 19.7. The van der Waals surface area contributed by atoms with Gasteiger partial charge in [-0.05, 0) is 18.2 Å². The minimum atomic E-state index is -1.80. The molecular formula is C20H20FN5O4. The predicted octanol–water partition coefficient (Wildman–Crippen LogP) is 2.64. The van der Waals surface area contributed by atoms with E-state index >= 15 is 4.39 Å². The van der Waals surface area contributed by atoms with Crippen molar-refractivity contribution in [2.45, 2.75) is 18.5 Å². The summed E-state index contributed by atoms with van der Waals surface area (Å²) < 4.78 is 31.1. The number of aromatic nitrogens is 4. The van der Waals surface area contributed by atoms with Crippen molar-refractivity contribution < 1.29 is 23.2 Å². The molecule has 0 radical (unpaired) electrons. The average molecular weight is 413 g/mol. The molecule has 10 heteroatoms. The highest BCUT2D eigenvalue weighted by Gasteiger charge is 2.42. The van der Waals surface area contributed by atoms with Gasteiger partial charge in [0, 0.05) is 43.9 Å². The maximum absolute atomic E-state index is 15.5. The molecule has 3 aromatic rings. The Morgan fingerprint density at radius 3 is 2.60 bits per heavy atom. The summed E-state index contributed by atoms with van der Waals surface area (Å²) in [6.45, 7) is 0.430. The lowest BCUT2D eigenvalue weighted by molar-refractivity contribution is 0.0248. The minimum Gasteiger partial charge on any atom is -0.493 e. The maximum atomic E-state index is 15.5. The van der Waals surface area contributed by atoms with E-state index in [9.17, 15) is 4.79 Å². The second kappa shape index (κ2) is 8.05. The summed E-state index contributed by atoms with van der Waals surface area (Å²) in [5.74, 6) is 0.859. The second-order valence-electron chi connectivity index (χ2n) is 6.84. The lowest BCUT2D eigenvalue weighted by Gasteiger charge is -2.34. The van der Waals surface area contributed by atoms with Crippen LogP contribution in [0.1, 0.15) is 29.1 Å². The summed E-state index contributed by atoms with van der Waals surface area (Å²) in [5, 5.41) is 3.81. The van der Waals surface area contributed by atoms with Crippen molar-refractivity contribution in [3.63, 3.8) is 0 Å². The summed E-state index contributed by atoms with van der Waals surface area (Å²) in [6.07, 6.45) is 4.59. The molecule has 0 spiro atoms. The minimum absolute atomic E-state index is 0.0497. The third kappa shape index (κ3) is 3.68. The number of piperidine rings is 1. The number of likely N-dealkylation sites (tertiary alicyclic amines) is 1. The third-order valence-electron chi connectivity index (χ3n) is 5.08. The molecule has 1 aliphatic rings. The Hall–Kier alpha value is -3.56. The Morgan fingerprint density at radius 2 is 1.93 bits per heavy atom. The van der Waals surface area contributed by atoms with E-state index in [0.29, 0.717) is 22.8 Å². The molecule has 9 nitrogen and oxygen atoms in total. The third-order valence-corrected chi connectivity index (χ3v) is 5.08. The highest BCUT2D eigenvalue weighted by atomic mass is 19.1. The number of benzene rings is 1. The summed E-state index contributed by atoms with van der Waals surface area (Å²) in [6, 6.07) is 4.94. The second-order valence-corrected chi connectivity index (χ2v) is 6.84. The highest BCUT2D eigenvalue weighted by Crippen LogP contribution is 2.37. The number of carbonyl (C=O) groups excluding carboxylic acids is 1. The van der Waals surface area contributed by atoms with Gasteiger partial charge in [0.05, 0.1) is 20.4 Å². The van der Waals surface area contributed by atoms with Crippen molar-refractivity contribution in [1.29, 1.82) is 0 Å². The van der Waals surface area contributed by atoms with Crippen LogP contribution in [0.3, 0.4) is 0 Å². The number of ether oxygens (including phenoxy) is 2. The van der Waals surface area contributed by atoms with Crippen LogP contribution in [0.15, 0.2) is 41.3 Å². The van der Waals surface area contributed by atoms with E-state index in [4.69, 9.17) is 14.0 Å². The van der Waals surface area contributed by atoms with Crippen LogP contribution in [0.2, 0.25) is 0 Å². The van der Waals surface area contributed by atoms with Gasteiger partial charge >= 0.3 is 0 Å². The van der Waals surface area contributed by atoms with Crippen LogP contribution < -0.4 is 9.47 Å². The van der Waals surface area contributed by atoms with Crippen molar-refractivity contribution in [1.82, 2.24) is 25.0 Å². The standard InChI is InChI=1S/C20H20FN5O4/c1-28-15-4-3-13(11-16(15)29-2)18(27)26-9-5-20(21,6-10-26)19-24-17(25-30-19)14-12-22-7-8-23-14/h3-4,7-8,11-12H,5-6,9-10H2,1-2H3. The Balaban J connectivity index is 1.46. The molecule has 2 aromatic heterocycles. The monoisotopic (exact) mass is 413 g/mol. The van der Waals surface area contributed by atoms with E-state index in [1.165, 1.54) is 32.8 Å². The van der Waals surface area contributed by atoms with Gasteiger partial charge in [0.1, 0.15) is 5.69 Å². The van der Waals surface area contributed by atoms with E-state index in [0.717, 1.165) is 0 Å². The summed E-state index contributed by atoms with van der Waals surface area (Å²) in [4.78, 5) is 26.6. The van der Waals surface area contributed by atoms with Gasteiger partial charge in [-0.1, -0.05) is 5.16 Å². The number of methoxy groups -OCH3 is 2. The Morgan fingerprint density at radius 1 is 1.17 bits per heavy atom. The number of nitrogens with zero attached hydrogens (tertiary/aromatic N) is 5. The molecular weight excluding hydrogens is 393 g/mol. The topological polar surface area (TPSA) is 103 Å². The van der Waals surface area contributed by atoms with Crippen LogP contribution in [0.4, 0.5) is 4.39 Å². The summed E-state index contributed by atoms with van der Waals surface area (Å²) in [7, 11) is 3.03. The molecule has 30 heavy (non-hydrogen) atoms. The van der Waals surface area contributed by atoms with Crippen molar-refractivity contribution >= 4 is 5.91 Å². The Kier molecular flexibility index (Phi) is 5.30. The van der Waals surface area contributed by atoms with Gasteiger partial charge in [-0.2, -0.15) is 4.98 Å². The predicted molar refractivity (Wildman–Crippen MR) is 103 cm³/mol. The SMILES string of the molecule is COc1ccc(C(=O)N2CCC(F)(c3nc(-c4cnccn4)no3)CC2)cc1OC. The summed E-state index contributed by atoms with van der Waals surface area (Å²) >= 11 is 0. The van der Waals surface area contributed by atoms with Gasteiger partial charge in [-0.15, -0.1) is 0 Å². The molecule has 0 atom stereocenters. The molecule has 1 aliphatic heterocycles. The molecule has 0 bridgehead atoms. The van der Waals surface area contributed by atoms with Crippen molar-refractivity contribution in [3.8, 4) is 23.0 Å². The molecule has 0 unspecified atom stereocenters. The smallest absolute Gasteiger partial charge is 0.264 e. The van der Waals surface area contributed by atoms with E-state index in [2.05, 4.69) is 20.1 Å². The van der Waals surface area contributed by atoms with Gasteiger partial charge in [-0.25, -0.2) is 9.37 Å². The number of carbonyl (C=O) groups is 1. The fraction of sp³-hybridized carbons (Fsp3) is 0.350. The number of hydrogen-bond donors (Lipinski definition) is 0. The zero-order valence-electron chi connectivity index (χ0n) is 16.5. The fourth-order valence-electron chi connectivity index (χ4n) is 3.35. The van der Waals surface area contributed by atoms with Crippen molar-refractivity contribution in [2.24, 2.45) is 0 Å². The highest BCUT2D eigenvalue weighted by molar-refractivity contribution is 5.95. The molecule has 4 rings (SSSR count). The maximum Gasteiger partial charge on any atom is 0.264 e. The van der Waals surface area contributed by atoms with Crippen LogP contribution in [0.5, 0.6) is 11.5 Å². The van der Waals surface area contributed by atoms with Crippen LogP contribution >= 0.6 is 0 Å². The van der Waals surface area contributed by atoms with Crippen LogP contribution in [0.25, 0.3) is 11.5 Å². The quantitative estimate of drug-likeness (QED) is 0.629. The molecule has 0 saturated carbocycles. The number of rotatable bonds is 5. The van der Waals surface area contributed by atoms with Crippen molar-refractivity contribution in [2.75, 3.05) is 27.3 Å². The molecule has 1 saturated heterocycles. The fourth-order valence-corrected chi connectivity index (χ4v) is 3.35. The molecule has 156 valence electrons. The van der Waals surface area contributed by atoms with E-state index in [1.807, 2.05) is 0 Å². The van der Waals surface area contributed by atoms with Gasteiger partial charge < -0.3 is 18.9 Å². The molecule has 1 amide bonds. The Bertz CT molecular complexity index is 1030. The molecule has 1 fully saturated rings. The van der Waals surface area contributed by atoms with Crippen molar-refractivity contribution in [3.05, 3.63) is 48.2 Å². The average Bonchev–Trinajstić information content (AvgIpc) is 3.30. The van der Waals surface area contributed by atoms with Crippen LogP contribution in [0, 0.1) is 0 Å². The van der Waals surface area contributed by atoms with E-state index in [-0.39, 0.29) is 43.6 Å². The normalized spacial score (nSPS) is 15.6. The first-order chi connectivity index (χ1) is 14.5.